The van der Waals surface area contributed by atoms with E-state index in [4.69, 9.17) is 14.2 Å². The number of carbonyl (C=O) groups excluding carboxylic acids is 3. The maximum Gasteiger partial charge on any atom is 0.407 e. The second-order valence-electron chi connectivity index (χ2n) is 9.29. The summed E-state index contributed by atoms with van der Waals surface area (Å²) in [7, 11) is 3.14. The number of methoxy groups -OCH3 is 2. The van der Waals surface area contributed by atoms with Gasteiger partial charge in [-0.25, -0.2) is 4.79 Å². The number of thioether (sulfide) groups is 1. The molecule has 35 heavy (non-hydrogen) atoms. The van der Waals surface area contributed by atoms with Crippen molar-refractivity contribution >= 4 is 40.8 Å². The molecule has 3 N–H and O–H groups in total. The summed E-state index contributed by atoms with van der Waals surface area (Å²) in [5.74, 6) is 0.736. The molecule has 3 amide bonds. The SMILES string of the molecule is COc1cc(/C=C2\SC(=O)NC2=O)c(N2CC[C@H](NCCCNC(=O)OC(C)(C)C)C2)cc1OC. The second-order valence-corrected chi connectivity index (χ2v) is 10.3. The van der Waals surface area contributed by atoms with Crippen LogP contribution in [0.1, 0.15) is 39.2 Å². The van der Waals surface area contributed by atoms with Crippen molar-refractivity contribution in [3.8, 4) is 11.5 Å². The van der Waals surface area contributed by atoms with Gasteiger partial charge in [0.15, 0.2) is 11.5 Å². The summed E-state index contributed by atoms with van der Waals surface area (Å²) in [6, 6.07) is 3.99. The Morgan fingerprint density at radius 2 is 1.91 bits per heavy atom. The molecule has 0 unspecified atom stereocenters. The van der Waals surface area contributed by atoms with Crippen molar-refractivity contribution in [2.45, 2.75) is 45.3 Å². The molecule has 0 saturated carbocycles. The lowest BCUT2D eigenvalue weighted by Crippen LogP contribution is -2.36. The highest BCUT2D eigenvalue weighted by molar-refractivity contribution is 8.18. The number of hydrogen-bond donors (Lipinski definition) is 3. The van der Waals surface area contributed by atoms with Gasteiger partial charge in [0.2, 0.25) is 0 Å². The summed E-state index contributed by atoms with van der Waals surface area (Å²) in [4.78, 5) is 38.0. The fourth-order valence-corrected chi connectivity index (χ4v) is 4.55. The highest BCUT2D eigenvalue weighted by Crippen LogP contribution is 2.39. The minimum absolute atomic E-state index is 0.274. The maximum atomic E-state index is 12.1. The summed E-state index contributed by atoms with van der Waals surface area (Å²) < 4.78 is 16.2. The molecule has 2 saturated heterocycles. The molecule has 1 aromatic rings. The van der Waals surface area contributed by atoms with Crippen LogP contribution in [0.3, 0.4) is 0 Å². The normalized spacial score (nSPS) is 19.2. The molecule has 192 valence electrons. The quantitative estimate of drug-likeness (QED) is 0.343. The standard InChI is InChI=1S/C24H34N4O6S/c1-24(2,3)34-22(30)26-9-6-8-25-16-7-10-28(14-16)17-13-19(33-5)18(32-4)11-15(17)12-20-21(29)27-23(31)35-20/h11-13,16,25H,6-10,14H2,1-5H3,(H,26,30)(H,27,29,31)/b20-12-/t16-/m0/s1. The first-order valence-electron chi connectivity index (χ1n) is 11.6. The van der Waals surface area contributed by atoms with E-state index in [1.54, 1.807) is 20.3 Å². The van der Waals surface area contributed by atoms with E-state index < -0.39 is 17.6 Å². The van der Waals surface area contributed by atoms with Crippen LogP contribution in [0.15, 0.2) is 17.0 Å². The zero-order valence-corrected chi connectivity index (χ0v) is 21.7. The molecule has 3 rings (SSSR count). The first-order chi connectivity index (χ1) is 16.6. The topological polar surface area (TPSA) is 118 Å². The summed E-state index contributed by atoms with van der Waals surface area (Å²) >= 11 is 0.884. The predicted molar refractivity (Wildman–Crippen MR) is 136 cm³/mol. The predicted octanol–water partition coefficient (Wildman–Crippen LogP) is 3.11. The van der Waals surface area contributed by atoms with Gasteiger partial charge in [-0.1, -0.05) is 0 Å². The van der Waals surface area contributed by atoms with Crippen LogP contribution in [0.4, 0.5) is 15.3 Å². The lowest BCUT2D eigenvalue weighted by atomic mass is 10.1. The number of nitrogens with zero attached hydrogens (tertiary/aromatic N) is 1. The first-order valence-corrected chi connectivity index (χ1v) is 12.4. The first kappa shape index (κ1) is 26.7. The third kappa shape index (κ3) is 7.53. The van der Waals surface area contributed by atoms with Gasteiger partial charge >= 0.3 is 6.09 Å². The van der Waals surface area contributed by atoms with Crippen LogP contribution in [0, 0.1) is 0 Å². The number of carbonyl (C=O) groups is 3. The van der Waals surface area contributed by atoms with Gasteiger partial charge in [0, 0.05) is 43.0 Å². The number of hydrogen-bond acceptors (Lipinski definition) is 9. The number of anilines is 1. The largest absolute Gasteiger partial charge is 0.493 e. The van der Waals surface area contributed by atoms with Crippen molar-refractivity contribution < 1.29 is 28.6 Å². The van der Waals surface area contributed by atoms with Crippen LogP contribution in [0.25, 0.3) is 6.08 Å². The molecule has 0 aromatic heterocycles. The van der Waals surface area contributed by atoms with Crippen molar-refractivity contribution in [3.63, 3.8) is 0 Å². The molecule has 1 aromatic carbocycles. The van der Waals surface area contributed by atoms with E-state index in [2.05, 4.69) is 20.9 Å². The summed E-state index contributed by atoms with van der Waals surface area (Å²) in [6.07, 6.45) is 3.03. The molecule has 2 aliphatic heterocycles. The smallest absolute Gasteiger partial charge is 0.407 e. The molecule has 2 heterocycles. The molecular formula is C24H34N4O6S. The van der Waals surface area contributed by atoms with Crippen molar-refractivity contribution in [2.75, 3.05) is 45.3 Å². The van der Waals surface area contributed by atoms with E-state index in [0.717, 1.165) is 55.5 Å². The zero-order chi connectivity index (χ0) is 25.6. The van der Waals surface area contributed by atoms with Crippen molar-refractivity contribution in [2.24, 2.45) is 0 Å². The number of ether oxygens (including phenoxy) is 3. The zero-order valence-electron chi connectivity index (χ0n) is 20.9. The molecule has 2 fully saturated rings. The minimum atomic E-state index is -0.510. The highest BCUT2D eigenvalue weighted by atomic mass is 32.2. The van der Waals surface area contributed by atoms with Crippen molar-refractivity contribution in [3.05, 3.63) is 22.6 Å². The van der Waals surface area contributed by atoms with E-state index in [1.165, 1.54) is 0 Å². The monoisotopic (exact) mass is 506 g/mol. The summed E-state index contributed by atoms with van der Waals surface area (Å²) in [5.41, 5.74) is 1.17. The molecule has 0 aliphatic carbocycles. The van der Waals surface area contributed by atoms with Crippen LogP contribution >= 0.6 is 11.8 Å². The number of nitrogens with one attached hydrogen (secondary N) is 3. The van der Waals surface area contributed by atoms with Gasteiger partial charge in [0.25, 0.3) is 11.1 Å². The fourth-order valence-electron chi connectivity index (χ4n) is 3.88. The second kappa shape index (κ2) is 11.7. The van der Waals surface area contributed by atoms with Crippen molar-refractivity contribution in [1.29, 1.82) is 0 Å². The number of imide groups is 1. The van der Waals surface area contributed by atoms with Crippen molar-refractivity contribution in [1.82, 2.24) is 16.0 Å². The number of amides is 3. The lowest BCUT2D eigenvalue weighted by Gasteiger charge is -2.23. The molecule has 11 heteroatoms. The number of rotatable bonds is 9. The summed E-state index contributed by atoms with van der Waals surface area (Å²) in [6.45, 7) is 8.38. The van der Waals surface area contributed by atoms with Gasteiger partial charge in [-0.05, 0) is 64.1 Å². The third-order valence-electron chi connectivity index (χ3n) is 5.45. The Labute approximate surface area is 210 Å². The van der Waals surface area contributed by atoms with E-state index in [0.29, 0.717) is 22.9 Å². The van der Waals surface area contributed by atoms with Gasteiger partial charge < -0.3 is 29.7 Å². The molecular weight excluding hydrogens is 472 g/mol. The van der Waals surface area contributed by atoms with Gasteiger partial charge in [0.1, 0.15) is 5.60 Å². The molecule has 10 nitrogen and oxygen atoms in total. The maximum absolute atomic E-state index is 12.1. The van der Waals surface area contributed by atoms with Crippen LogP contribution in [-0.4, -0.2) is 69.3 Å². The fraction of sp³-hybridized carbons (Fsp3) is 0.542. The Hall–Kier alpha value is -2.92. The molecule has 0 radical (unpaired) electrons. The molecule has 0 bridgehead atoms. The molecule has 2 aliphatic rings. The minimum Gasteiger partial charge on any atom is -0.493 e. The Kier molecular flexibility index (Phi) is 8.90. The highest BCUT2D eigenvalue weighted by Gasteiger charge is 2.28. The lowest BCUT2D eigenvalue weighted by molar-refractivity contribution is -0.115. The Morgan fingerprint density at radius 1 is 1.20 bits per heavy atom. The van der Waals surface area contributed by atoms with Crippen LogP contribution < -0.4 is 30.3 Å². The molecule has 1 atom stereocenters. The number of alkyl carbamates (subject to hydrolysis) is 1. The van der Waals surface area contributed by atoms with Crippen LogP contribution in [-0.2, 0) is 9.53 Å². The van der Waals surface area contributed by atoms with E-state index in [1.807, 2.05) is 32.9 Å². The Bertz CT molecular complexity index is 991. The Morgan fingerprint density at radius 3 is 2.54 bits per heavy atom. The third-order valence-corrected chi connectivity index (χ3v) is 6.26. The molecule has 0 spiro atoms. The summed E-state index contributed by atoms with van der Waals surface area (Å²) in [5, 5.41) is 8.22. The van der Waals surface area contributed by atoms with Crippen LogP contribution in [0.5, 0.6) is 11.5 Å². The van der Waals surface area contributed by atoms with Gasteiger partial charge in [0.05, 0.1) is 19.1 Å². The van der Waals surface area contributed by atoms with Gasteiger partial charge in [-0.2, -0.15) is 0 Å². The van der Waals surface area contributed by atoms with E-state index in [9.17, 15) is 14.4 Å². The Balaban J connectivity index is 1.61. The van der Waals surface area contributed by atoms with Crippen LogP contribution in [0.2, 0.25) is 0 Å². The van der Waals surface area contributed by atoms with E-state index >= 15 is 0 Å². The average Bonchev–Trinajstić information content (AvgIpc) is 3.37. The average molecular weight is 507 g/mol. The van der Waals surface area contributed by atoms with Gasteiger partial charge in [-0.3, -0.25) is 14.9 Å². The van der Waals surface area contributed by atoms with Gasteiger partial charge in [-0.15, -0.1) is 0 Å². The number of benzene rings is 1. The van der Waals surface area contributed by atoms with E-state index in [-0.39, 0.29) is 11.3 Å².